The molecule has 0 saturated carbocycles. The zero-order valence-corrected chi connectivity index (χ0v) is 15.4. The minimum Gasteiger partial charge on any atom is -0.168 e. The molecule has 0 saturated heterocycles. The van der Waals surface area contributed by atoms with Gasteiger partial charge in [-0.3, -0.25) is 0 Å². The Labute approximate surface area is 147 Å². The van der Waals surface area contributed by atoms with E-state index in [-0.39, 0.29) is 18.6 Å². The number of benzene rings is 2. The molecule has 0 amide bonds. The first-order valence-electron chi connectivity index (χ1n) is 7.14. The third kappa shape index (κ3) is 5.34. The van der Waals surface area contributed by atoms with Gasteiger partial charge in [0.2, 0.25) is 0 Å². The molecule has 2 heteroatoms. The van der Waals surface area contributed by atoms with Gasteiger partial charge in [-0.2, -0.15) is 35.0 Å². The van der Waals surface area contributed by atoms with Gasteiger partial charge in [0.05, 0.1) is 0 Å². The molecule has 109 valence electrons. The molecule has 0 aliphatic carbocycles. The van der Waals surface area contributed by atoms with E-state index in [2.05, 4.69) is 98.0 Å². The van der Waals surface area contributed by atoms with Crippen molar-refractivity contribution in [1.82, 2.24) is 0 Å². The van der Waals surface area contributed by atoms with Gasteiger partial charge in [-0.15, -0.1) is 59.3 Å². The Hall–Kier alpha value is -1.54. The fraction of sp³-hybridized carbons (Fsp3) is 0.100. The molecule has 0 N–H and O–H groups in total. The van der Waals surface area contributed by atoms with Crippen molar-refractivity contribution in [2.75, 3.05) is 0 Å². The second kappa shape index (κ2) is 10.2. The summed E-state index contributed by atoms with van der Waals surface area (Å²) in [6, 6.07) is 29.3. The second-order valence-corrected chi connectivity index (χ2v) is 5.81. The van der Waals surface area contributed by atoms with Gasteiger partial charge in [-0.1, -0.05) is 25.2 Å². The van der Waals surface area contributed by atoms with Crippen LogP contribution in [0.5, 0.6) is 0 Å². The van der Waals surface area contributed by atoms with E-state index >= 15 is 0 Å². The normalized spacial score (nSPS) is 9.18. The van der Waals surface area contributed by atoms with E-state index < -0.39 is 0 Å². The molecule has 0 heterocycles. The maximum Gasteiger partial charge on any atom is 2.00 e. The van der Waals surface area contributed by atoms with Crippen LogP contribution in [0.4, 0.5) is 0 Å². The molecular formula is C20H20SiV. The van der Waals surface area contributed by atoms with Crippen molar-refractivity contribution in [1.29, 1.82) is 0 Å². The molecule has 4 rings (SSSR count). The van der Waals surface area contributed by atoms with E-state index in [0.717, 1.165) is 9.52 Å². The Morgan fingerprint density at radius 3 is 1.36 bits per heavy atom. The summed E-state index contributed by atoms with van der Waals surface area (Å²) in [5, 5.41) is 5.32. The molecule has 0 unspecified atom stereocenters. The van der Waals surface area contributed by atoms with Gasteiger partial charge in [0, 0.05) is 9.52 Å². The monoisotopic (exact) mass is 339 g/mol. The van der Waals surface area contributed by atoms with Crippen LogP contribution < -0.4 is 0 Å². The van der Waals surface area contributed by atoms with Crippen LogP contribution in [0, 0.1) is 0 Å². The summed E-state index contributed by atoms with van der Waals surface area (Å²) in [5.74, 6) is 0. The van der Waals surface area contributed by atoms with Crippen LogP contribution >= 0.6 is 0 Å². The quantitative estimate of drug-likeness (QED) is 0.276. The van der Waals surface area contributed by atoms with Crippen LogP contribution in [0.1, 0.15) is 0 Å². The molecule has 3 radical (unpaired) electrons. The third-order valence-electron chi connectivity index (χ3n) is 3.10. The largest absolute Gasteiger partial charge is 2.00 e. The average molecular weight is 339 g/mol. The fourth-order valence-corrected chi connectivity index (χ4v) is 2.14. The molecule has 22 heavy (non-hydrogen) atoms. The van der Waals surface area contributed by atoms with Crippen molar-refractivity contribution in [3.63, 3.8) is 0 Å². The van der Waals surface area contributed by atoms with Crippen molar-refractivity contribution < 1.29 is 18.6 Å². The summed E-state index contributed by atoms with van der Waals surface area (Å²) < 4.78 is 0. The standard InChI is InChI=1S/2C9H7.C2H6Si.V/c2*1-2-5-9-7-3-6-8(9)4-1;1-3-2;/h2*1-7H;1-2H3;/q2*-1;;+2. The first-order valence-corrected chi connectivity index (χ1v) is 9.14. The van der Waals surface area contributed by atoms with Crippen LogP contribution in [-0.4, -0.2) is 9.52 Å². The van der Waals surface area contributed by atoms with E-state index in [1.165, 1.54) is 21.5 Å². The molecule has 0 nitrogen and oxygen atoms in total. The Kier molecular flexibility index (Phi) is 8.61. The third-order valence-corrected chi connectivity index (χ3v) is 3.10. The van der Waals surface area contributed by atoms with Crippen LogP contribution in [0.25, 0.3) is 21.5 Å². The van der Waals surface area contributed by atoms with Crippen molar-refractivity contribution in [2.24, 2.45) is 0 Å². The minimum absolute atomic E-state index is 0. The topological polar surface area (TPSA) is 0 Å². The maximum absolute atomic E-state index is 2.15. The molecule has 0 bridgehead atoms. The molecule has 4 aromatic carbocycles. The van der Waals surface area contributed by atoms with E-state index in [1.54, 1.807) is 0 Å². The van der Waals surface area contributed by atoms with E-state index in [1.807, 2.05) is 0 Å². The van der Waals surface area contributed by atoms with Gasteiger partial charge in [0.1, 0.15) is 0 Å². The predicted molar refractivity (Wildman–Crippen MR) is 96.6 cm³/mol. The van der Waals surface area contributed by atoms with Gasteiger partial charge in [0.15, 0.2) is 0 Å². The molecule has 0 fully saturated rings. The Morgan fingerprint density at radius 2 is 1.00 bits per heavy atom. The Bertz CT molecular complexity index is 641. The molecule has 0 atom stereocenters. The van der Waals surface area contributed by atoms with E-state index in [9.17, 15) is 0 Å². The van der Waals surface area contributed by atoms with Crippen LogP contribution in [-0.2, 0) is 18.6 Å². The van der Waals surface area contributed by atoms with Crippen molar-refractivity contribution in [2.45, 2.75) is 13.1 Å². The second-order valence-electron chi connectivity index (χ2n) is 4.81. The van der Waals surface area contributed by atoms with E-state index in [0.29, 0.717) is 0 Å². The number of hydrogen-bond donors (Lipinski definition) is 0. The predicted octanol–water partition coefficient (Wildman–Crippen LogP) is 5.90. The SMILES string of the molecule is C[Si]C.[V+2].c1ccc2[cH-]ccc2c1.c1ccc2[cH-]ccc2c1. The molecule has 4 aromatic rings. The zero-order valence-electron chi connectivity index (χ0n) is 13.0. The maximum atomic E-state index is 2.15. The summed E-state index contributed by atoms with van der Waals surface area (Å²) >= 11 is 0. The fourth-order valence-electron chi connectivity index (χ4n) is 2.14. The van der Waals surface area contributed by atoms with Gasteiger partial charge in [-0.25, -0.2) is 0 Å². The summed E-state index contributed by atoms with van der Waals surface area (Å²) in [6.07, 6.45) is 0. The smallest absolute Gasteiger partial charge is 0.168 e. The molecule has 0 aliphatic rings. The van der Waals surface area contributed by atoms with Crippen molar-refractivity contribution in [3.05, 3.63) is 84.9 Å². The molecule has 0 spiro atoms. The van der Waals surface area contributed by atoms with Crippen LogP contribution in [0.15, 0.2) is 84.9 Å². The zero-order chi connectivity index (χ0) is 14.9. The van der Waals surface area contributed by atoms with Gasteiger partial charge in [0.25, 0.3) is 0 Å². The molecule has 0 aliphatic heterocycles. The number of rotatable bonds is 0. The van der Waals surface area contributed by atoms with E-state index in [4.69, 9.17) is 0 Å². The van der Waals surface area contributed by atoms with Crippen molar-refractivity contribution in [3.8, 4) is 0 Å². The molecular weight excluding hydrogens is 319 g/mol. The van der Waals surface area contributed by atoms with Gasteiger partial charge < -0.3 is 0 Å². The summed E-state index contributed by atoms with van der Waals surface area (Å²) in [5.41, 5.74) is 0. The first kappa shape index (κ1) is 18.5. The summed E-state index contributed by atoms with van der Waals surface area (Å²) in [6.45, 7) is 4.31. The van der Waals surface area contributed by atoms with Crippen molar-refractivity contribution >= 4 is 31.1 Å². The minimum atomic E-state index is 0. The van der Waals surface area contributed by atoms with Gasteiger partial charge in [-0.05, 0) is 0 Å². The number of hydrogen-bond acceptors (Lipinski definition) is 0. The van der Waals surface area contributed by atoms with Crippen LogP contribution in [0.3, 0.4) is 0 Å². The van der Waals surface area contributed by atoms with Gasteiger partial charge >= 0.3 is 18.6 Å². The first-order chi connectivity index (χ1) is 10.3. The summed E-state index contributed by atoms with van der Waals surface area (Å²) in [7, 11) is 1.08. The molecule has 0 aromatic heterocycles. The van der Waals surface area contributed by atoms with Crippen LogP contribution in [0.2, 0.25) is 13.1 Å². The Morgan fingerprint density at radius 1 is 0.636 bits per heavy atom. The number of fused-ring (bicyclic) bond motifs is 2. The average Bonchev–Trinajstić information content (AvgIpc) is 3.17. The Balaban J connectivity index is 0.000000181. The summed E-state index contributed by atoms with van der Waals surface area (Å²) in [4.78, 5) is 0.